The van der Waals surface area contributed by atoms with E-state index in [1.807, 2.05) is 77.0 Å². The van der Waals surface area contributed by atoms with Crippen LogP contribution in [0.1, 0.15) is 10.5 Å². The van der Waals surface area contributed by atoms with E-state index in [1.54, 1.807) is 12.3 Å². The topological polar surface area (TPSA) is 62.6 Å². The van der Waals surface area contributed by atoms with E-state index in [0.717, 1.165) is 48.5 Å². The van der Waals surface area contributed by atoms with Gasteiger partial charge < -0.3 is 24.4 Å². The molecular weight excluding hydrogens is 485 g/mol. The van der Waals surface area contributed by atoms with Gasteiger partial charge in [0.1, 0.15) is 11.4 Å². The van der Waals surface area contributed by atoms with Gasteiger partial charge in [0.25, 0.3) is 5.91 Å². The summed E-state index contributed by atoms with van der Waals surface area (Å²) in [6.07, 6.45) is 1.74. The van der Waals surface area contributed by atoms with Crippen molar-refractivity contribution in [2.24, 2.45) is 7.05 Å². The minimum atomic E-state index is 0.0519. The van der Waals surface area contributed by atoms with Crippen molar-refractivity contribution in [3.63, 3.8) is 0 Å². The van der Waals surface area contributed by atoms with Gasteiger partial charge in [-0.2, -0.15) is 0 Å². The highest BCUT2D eigenvalue weighted by atomic mass is 35.5. The van der Waals surface area contributed by atoms with E-state index in [9.17, 15) is 4.79 Å². The number of nitrogens with zero attached hydrogens (tertiary/aromatic N) is 4. The van der Waals surface area contributed by atoms with Crippen molar-refractivity contribution < 1.29 is 9.53 Å². The molecule has 1 aliphatic heterocycles. The summed E-state index contributed by atoms with van der Waals surface area (Å²) in [5, 5.41) is 5.24. The number of halogens is 2. The van der Waals surface area contributed by atoms with Crippen LogP contribution < -0.4 is 15.0 Å². The van der Waals surface area contributed by atoms with E-state index in [2.05, 4.69) is 10.3 Å². The third-order valence-electron chi connectivity index (χ3n) is 6.26. The smallest absolute Gasteiger partial charge is 0.270 e. The zero-order valence-electron chi connectivity index (χ0n) is 19.5. The van der Waals surface area contributed by atoms with Gasteiger partial charge in [0.2, 0.25) is 5.88 Å². The first-order valence-electron chi connectivity index (χ1n) is 11.3. The first kappa shape index (κ1) is 23.5. The van der Waals surface area contributed by atoms with Gasteiger partial charge in [-0.25, -0.2) is 4.98 Å². The van der Waals surface area contributed by atoms with Gasteiger partial charge in [-0.1, -0.05) is 23.2 Å². The van der Waals surface area contributed by atoms with E-state index in [0.29, 0.717) is 27.4 Å². The summed E-state index contributed by atoms with van der Waals surface area (Å²) >= 11 is 12.2. The van der Waals surface area contributed by atoms with Crippen molar-refractivity contribution in [2.75, 3.05) is 38.1 Å². The van der Waals surface area contributed by atoms with E-state index in [-0.39, 0.29) is 5.91 Å². The normalized spacial score (nSPS) is 13.8. The number of benzene rings is 2. The SMILES string of the molecule is CN(c1ccc(Oc2ccc3c(c2)cc(C(=O)N2CCNCC2)n3C)nc1)c1ccc(Cl)c(Cl)c1. The summed E-state index contributed by atoms with van der Waals surface area (Å²) in [6.45, 7) is 3.08. The molecule has 2 aromatic carbocycles. The predicted molar refractivity (Wildman–Crippen MR) is 141 cm³/mol. The quantitative estimate of drug-likeness (QED) is 0.385. The number of amides is 1. The minimum absolute atomic E-state index is 0.0519. The summed E-state index contributed by atoms with van der Waals surface area (Å²) in [5.41, 5.74) is 3.43. The second kappa shape index (κ2) is 9.77. The molecule has 0 bridgehead atoms. The molecular formula is C26H25Cl2N5O2. The number of pyridine rings is 1. The fraction of sp³-hybridized carbons (Fsp3) is 0.231. The molecule has 7 nitrogen and oxygen atoms in total. The Hall–Kier alpha value is -3.26. The first-order chi connectivity index (χ1) is 16.9. The molecule has 0 radical (unpaired) electrons. The Morgan fingerprint density at radius 2 is 1.77 bits per heavy atom. The Kier molecular flexibility index (Phi) is 6.56. The van der Waals surface area contributed by atoms with Crippen molar-refractivity contribution in [3.8, 4) is 11.6 Å². The molecule has 2 aromatic heterocycles. The number of fused-ring (bicyclic) bond motifs is 1. The number of ether oxygens (including phenoxy) is 1. The van der Waals surface area contributed by atoms with Crippen LogP contribution in [0.2, 0.25) is 10.0 Å². The lowest BCUT2D eigenvalue weighted by Gasteiger charge is -2.27. The van der Waals surface area contributed by atoms with Crippen LogP contribution >= 0.6 is 23.2 Å². The van der Waals surface area contributed by atoms with Gasteiger partial charge in [0.05, 0.1) is 21.9 Å². The fourth-order valence-corrected chi connectivity index (χ4v) is 4.51. The Balaban J connectivity index is 1.32. The number of aryl methyl sites for hydroxylation is 1. The third-order valence-corrected chi connectivity index (χ3v) is 7.00. The van der Waals surface area contributed by atoms with Gasteiger partial charge in [0.15, 0.2) is 0 Å². The molecule has 9 heteroatoms. The average Bonchev–Trinajstić information content (AvgIpc) is 3.21. The van der Waals surface area contributed by atoms with Crippen LogP contribution in [-0.2, 0) is 7.05 Å². The van der Waals surface area contributed by atoms with E-state index < -0.39 is 0 Å². The molecule has 1 N–H and O–H groups in total. The number of aromatic nitrogens is 2. The number of rotatable bonds is 5. The van der Waals surface area contributed by atoms with Gasteiger partial charge in [0, 0.05) is 62.9 Å². The van der Waals surface area contributed by atoms with Crippen LogP contribution in [0.3, 0.4) is 0 Å². The maximum Gasteiger partial charge on any atom is 0.270 e. The lowest BCUT2D eigenvalue weighted by molar-refractivity contribution is 0.0726. The Morgan fingerprint density at radius 1 is 1.00 bits per heavy atom. The first-order valence-corrected chi connectivity index (χ1v) is 12.1. The molecule has 0 aliphatic carbocycles. The lowest BCUT2D eigenvalue weighted by Crippen LogP contribution is -2.46. The maximum atomic E-state index is 13.0. The number of carbonyl (C=O) groups excluding carboxylic acids is 1. The van der Waals surface area contributed by atoms with Crippen LogP contribution in [0, 0.1) is 0 Å². The molecule has 1 saturated heterocycles. The standard InChI is InChI=1S/C26H25Cl2N5O2/c1-31(18-3-6-21(27)22(28)15-18)19-4-8-25(30-16-19)35-20-5-7-23-17(13-20)14-24(32(23)2)26(34)33-11-9-29-10-12-33/h3-8,13-16,29H,9-12H2,1-2H3. The molecule has 0 spiro atoms. The van der Waals surface area contributed by atoms with E-state index in [1.165, 1.54) is 0 Å². The summed E-state index contributed by atoms with van der Waals surface area (Å²) in [7, 11) is 3.85. The molecule has 3 heterocycles. The molecule has 1 aliphatic rings. The molecule has 180 valence electrons. The van der Waals surface area contributed by atoms with Crippen molar-refractivity contribution >= 4 is 51.4 Å². The lowest BCUT2D eigenvalue weighted by atomic mass is 10.2. The molecule has 4 aromatic rings. The Bertz CT molecular complexity index is 1380. The molecule has 0 saturated carbocycles. The van der Waals surface area contributed by atoms with Gasteiger partial charge in [-0.15, -0.1) is 0 Å². The molecule has 1 amide bonds. The number of hydrogen-bond donors (Lipinski definition) is 1. The van der Waals surface area contributed by atoms with E-state index in [4.69, 9.17) is 27.9 Å². The highest BCUT2D eigenvalue weighted by molar-refractivity contribution is 6.42. The zero-order valence-corrected chi connectivity index (χ0v) is 21.0. The summed E-state index contributed by atoms with van der Waals surface area (Å²) in [6, 6.07) is 16.9. The summed E-state index contributed by atoms with van der Waals surface area (Å²) in [5.74, 6) is 1.18. The number of carbonyl (C=O) groups is 1. The Morgan fingerprint density at radius 3 is 2.49 bits per heavy atom. The van der Waals surface area contributed by atoms with Crippen molar-refractivity contribution in [1.29, 1.82) is 0 Å². The average molecular weight is 510 g/mol. The number of piperazine rings is 1. The maximum absolute atomic E-state index is 13.0. The molecule has 0 unspecified atom stereocenters. The number of nitrogens with one attached hydrogen (secondary N) is 1. The molecule has 35 heavy (non-hydrogen) atoms. The summed E-state index contributed by atoms with van der Waals surface area (Å²) in [4.78, 5) is 21.3. The third kappa shape index (κ3) is 4.80. The van der Waals surface area contributed by atoms with Crippen molar-refractivity contribution in [2.45, 2.75) is 0 Å². The predicted octanol–water partition coefficient (Wildman–Crippen LogP) is 5.49. The summed E-state index contributed by atoms with van der Waals surface area (Å²) < 4.78 is 7.95. The zero-order chi connectivity index (χ0) is 24.5. The highest BCUT2D eigenvalue weighted by Gasteiger charge is 2.21. The fourth-order valence-electron chi connectivity index (χ4n) is 4.22. The monoisotopic (exact) mass is 509 g/mol. The van der Waals surface area contributed by atoms with Crippen molar-refractivity contribution in [1.82, 2.24) is 19.8 Å². The van der Waals surface area contributed by atoms with Crippen LogP contribution in [-0.4, -0.2) is 53.6 Å². The number of anilines is 2. The van der Waals surface area contributed by atoms with Crippen LogP contribution in [0.4, 0.5) is 11.4 Å². The number of hydrogen-bond acceptors (Lipinski definition) is 5. The van der Waals surface area contributed by atoms with Gasteiger partial charge >= 0.3 is 0 Å². The minimum Gasteiger partial charge on any atom is -0.439 e. The molecule has 5 rings (SSSR count). The Labute approximate surface area is 213 Å². The van der Waals surface area contributed by atoms with Crippen LogP contribution in [0.15, 0.2) is 60.8 Å². The van der Waals surface area contributed by atoms with Crippen molar-refractivity contribution in [3.05, 3.63) is 76.5 Å². The largest absolute Gasteiger partial charge is 0.439 e. The second-order valence-corrected chi connectivity index (χ2v) is 9.28. The molecule has 1 fully saturated rings. The van der Waals surface area contributed by atoms with Crippen LogP contribution in [0.5, 0.6) is 11.6 Å². The molecule has 0 atom stereocenters. The van der Waals surface area contributed by atoms with E-state index >= 15 is 0 Å². The van der Waals surface area contributed by atoms with Gasteiger partial charge in [-0.3, -0.25) is 4.79 Å². The van der Waals surface area contributed by atoms with Crippen LogP contribution in [0.25, 0.3) is 10.9 Å². The second-order valence-electron chi connectivity index (χ2n) is 8.47. The highest BCUT2D eigenvalue weighted by Crippen LogP contribution is 2.32. The van der Waals surface area contributed by atoms with Gasteiger partial charge in [-0.05, 0) is 48.5 Å².